The number of hydrogen-bond donors (Lipinski definition) is 1. The van der Waals surface area contributed by atoms with Crippen molar-refractivity contribution >= 4 is 32.2 Å². The molecule has 2 aromatic carbocycles. The van der Waals surface area contributed by atoms with Crippen molar-refractivity contribution in [3.63, 3.8) is 0 Å². The zero-order valence-electron chi connectivity index (χ0n) is 44.3. The monoisotopic (exact) mass is 983 g/mol. The van der Waals surface area contributed by atoms with E-state index in [0.717, 1.165) is 5.56 Å². The van der Waals surface area contributed by atoms with Crippen LogP contribution in [0.2, 0.25) is 18.1 Å². The highest BCUT2D eigenvalue weighted by Gasteiger charge is 2.86. The Balaban J connectivity index is 1.84. The third-order valence-electron chi connectivity index (χ3n) is 13.3. The van der Waals surface area contributed by atoms with Crippen LogP contribution in [0, 0.1) is 5.92 Å². The van der Waals surface area contributed by atoms with Gasteiger partial charge in [-0.2, -0.15) is 0 Å². The first-order chi connectivity index (χ1) is 31.7. The number of carbonyl (C=O) groups is 4. The van der Waals surface area contributed by atoms with Crippen LogP contribution in [0.5, 0.6) is 0 Å². The van der Waals surface area contributed by atoms with Crippen LogP contribution in [-0.4, -0.2) is 101 Å². The van der Waals surface area contributed by atoms with Crippen LogP contribution in [0.15, 0.2) is 60.7 Å². The second-order valence-electron chi connectivity index (χ2n) is 23.9. The molecular formula is C54H82O14Si. The lowest BCUT2D eigenvalue weighted by atomic mass is 9.73. The van der Waals surface area contributed by atoms with Gasteiger partial charge in [-0.05, 0) is 130 Å². The largest absolute Gasteiger partial charge is 0.462 e. The van der Waals surface area contributed by atoms with Crippen molar-refractivity contribution in [3.8, 4) is 0 Å². The summed E-state index contributed by atoms with van der Waals surface area (Å²) in [4.78, 5) is 59.8. The van der Waals surface area contributed by atoms with Gasteiger partial charge in [-0.25, -0.2) is 14.4 Å². The fourth-order valence-corrected chi connectivity index (χ4v) is 10.5. The minimum atomic E-state index is -3.05. The van der Waals surface area contributed by atoms with Gasteiger partial charge in [0, 0.05) is 26.2 Å². The Morgan fingerprint density at radius 3 is 1.72 bits per heavy atom. The summed E-state index contributed by atoms with van der Waals surface area (Å²) in [5.41, 5.74) is -7.67. The van der Waals surface area contributed by atoms with Crippen LogP contribution >= 0.6 is 0 Å². The van der Waals surface area contributed by atoms with E-state index >= 15 is 14.4 Å². The average Bonchev–Trinajstić information content (AvgIpc) is 3.88. The summed E-state index contributed by atoms with van der Waals surface area (Å²) in [6, 6.07) is 19.1. The molecule has 386 valence electrons. The Hall–Kier alpha value is -3.70. The molecule has 8 atom stereocenters. The van der Waals surface area contributed by atoms with E-state index < -0.39 is 101 Å². The Bertz CT molecular complexity index is 2080. The highest BCUT2D eigenvalue weighted by Crippen LogP contribution is 2.60. The maximum Gasteiger partial charge on any atom is 0.346 e. The summed E-state index contributed by atoms with van der Waals surface area (Å²) in [5.74, 6) is -8.09. The fraction of sp³-hybridized carbons (Fsp3) is 0.704. The minimum absolute atomic E-state index is 0.144. The van der Waals surface area contributed by atoms with E-state index in [1.807, 2.05) is 101 Å². The molecule has 1 spiro atoms. The molecule has 0 radical (unpaired) electrons. The fourth-order valence-electron chi connectivity index (χ4n) is 9.24. The molecule has 2 aliphatic heterocycles. The second kappa shape index (κ2) is 20.8. The molecule has 2 saturated heterocycles. The Labute approximate surface area is 412 Å². The molecule has 3 fully saturated rings. The third-order valence-corrected chi connectivity index (χ3v) is 17.8. The van der Waals surface area contributed by atoms with Gasteiger partial charge < -0.3 is 47.4 Å². The number of ether oxygens (including phenoxy) is 8. The van der Waals surface area contributed by atoms with Crippen molar-refractivity contribution in [2.45, 2.75) is 237 Å². The van der Waals surface area contributed by atoms with Crippen molar-refractivity contribution in [2.24, 2.45) is 5.92 Å². The first-order valence-corrected chi connectivity index (χ1v) is 27.6. The van der Waals surface area contributed by atoms with Gasteiger partial charge in [0.15, 0.2) is 19.9 Å². The molecule has 14 nitrogen and oxygen atoms in total. The van der Waals surface area contributed by atoms with E-state index in [0.29, 0.717) is 24.8 Å². The highest BCUT2D eigenvalue weighted by atomic mass is 28.4. The highest BCUT2D eigenvalue weighted by molar-refractivity contribution is 6.74. The average molecular weight is 983 g/mol. The first-order valence-electron chi connectivity index (χ1n) is 24.7. The summed E-state index contributed by atoms with van der Waals surface area (Å²) < 4.78 is 60.2. The molecule has 1 saturated carbocycles. The van der Waals surface area contributed by atoms with Gasteiger partial charge in [-0.1, -0.05) is 88.4 Å². The maximum absolute atomic E-state index is 16.2. The second-order valence-corrected chi connectivity index (χ2v) is 28.7. The van der Waals surface area contributed by atoms with E-state index in [1.165, 1.54) is 6.92 Å². The van der Waals surface area contributed by atoms with Gasteiger partial charge in [0.05, 0.1) is 6.61 Å². The predicted molar refractivity (Wildman–Crippen MR) is 262 cm³/mol. The summed E-state index contributed by atoms with van der Waals surface area (Å²) >= 11 is 0. The van der Waals surface area contributed by atoms with Crippen LogP contribution < -0.4 is 0 Å². The molecule has 2 aromatic rings. The van der Waals surface area contributed by atoms with Gasteiger partial charge in [0.2, 0.25) is 17.3 Å². The molecule has 1 N–H and O–H groups in total. The lowest BCUT2D eigenvalue weighted by molar-refractivity contribution is -0.304. The van der Waals surface area contributed by atoms with Crippen molar-refractivity contribution in [2.75, 3.05) is 0 Å². The molecule has 0 aromatic heterocycles. The number of hydrogen-bond acceptors (Lipinski definition) is 14. The molecule has 0 unspecified atom stereocenters. The predicted octanol–water partition coefficient (Wildman–Crippen LogP) is 9.85. The standard InChI is InChI=1S/C54H82O14Si/c1-36(34-38-26-19-17-20-27-38)40(61-37(2)55)30-25-33-52(59)41(66-69(15,16)50(12,13)14)42(60-35-39-28-21-18-22-29-39)53(68-52,45(57)64-48(6,7)8)54(46(58)65-49(9,10)11)43(44(56)63-47(3,4)5)62-51(67-54)31-23-24-32-51/h17-22,26-29,36,40-43,59H,23-25,30-35H2,1-16H3/t36-,40-,41-,42-,43-,52+,53+,54-/m1/s1. The normalized spacial score (nSPS) is 27.2. The number of rotatable bonds is 17. The van der Waals surface area contributed by atoms with Crippen molar-refractivity contribution in [3.05, 3.63) is 71.8 Å². The number of esters is 4. The van der Waals surface area contributed by atoms with E-state index in [9.17, 15) is 9.90 Å². The lowest BCUT2D eigenvalue weighted by Crippen LogP contribution is -2.76. The molecule has 15 heteroatoms. The molecule has 69 heavy (non-hydrogen) atoms. The van der Waals surface area contributed by atoms with Crippen LogP contribution in [-0.2, 0) is 74.5 Å². The van der Waals surface area contributed by atoms with Crippen LogP contribution in [0.25, 0.3) is 0 Å². The lowest BCUT2D eigenvalue weighted by Gasteiger charge is -2.47. The molecule has 5 rings (SSSR count). The maximum atomic E-state index is 16.2. The van der Waals surface area contributed by atoms with Crippen molar-refractivity contribution in [1.29, 1.82) is 0 Å². The molecule has 1 aliphatic carbocycles. The SMILES string of the molecule is CC(=O)O[C@H](CCC[C@]1(O)O[C@@](C(=O)OC(C)(C)C)([C@@]2(C(=O)OC(C)(C)C)OC3(CCCC3)O[C@@H]2C(=O)OC(C)(C)C)[C@H](OCc2ccccc2)[C@H]1O[Si](C)(C)C(C)(C)C)[C@H](C)Cc1ccccc1. The number of aliphatic hydroxyl groups is 1. The summed E-state index contributed by atoms with van der Waals surface area (Å²) in [5, 5.41) is 13.3. The summed E-state index contributed by atoms with van der Waals surface area (Å²) in [6.45, 7) is 28.2. The third kappa shape index (κ3) is 13.0. The van der Waals surface area contributed by atoms with E-state index in [-0.39, 0.29) is 44.6 Å². The van der Waals surface area contributed by atoms with Crippen molar-refractivity contribution in [1.82, 2.24) is 0 Å². The van der Waals surface area contributed by atoms with Crippen LogP contribution in [0.1, 0.15) is 153 Å². The Morgan fingerprint density at radius 2 is 1.23 bits per heavy atom. The molecule has 2 heterocycles. The van der Waals surface area contributed by atoms with Crippen LogP contribution in [0.3, 0.4) is 0 Å². The van der Waals surface area contributed by atoms with Gasteiger partial charge in [0.25, 0.3) is 0 Å². The van der Waals surface area contributed by atoms with Gasteiger partial charge in [0.1, 0.15) is 35.1 Å². The zero-order chi connectivity index (χ0) is 51.6. The van der Waals surface area contributed by atoms with Gasteiger partial charge in [-0.15, -0.1) is 0 Å². The smallest absolute Gasteiger partial charge is 0.346 e. The number of benzene rings is 2. The Morgan fingerprint density at radius 1 is 0.725 bits per heavy atom. The first kappa shape index (κ1) is 56.2. The molecule has 0 bridgehead atoms. The van der Waals surface area contributed by atoms with E-state index in [1.54, 1.807) is 62.3 Å². The zero-order valence-corrected chi connectivity index (χ0v) is 45.3. The van der Waals surface area contributed by atoms with Gasteiger partial charge in [-0.3, -0.25) is 4.79 Å². The summed E-state index contributed by atoms with van der Waals surface area (Å²) in [7, 11) is -3.05. The van der Waals surface area contributed by atoms with E-state index in [2.05, 4.69) is 0 Å². The molecule has 3 aliphatic rings. The van der Waals surface area contributed by atoms with E-state index in [4.69, 9.17) is 42.3 Å². The van der Waals surface area contributed by atoms with Crippen LogP contribution in [0.4, 0.5) is 0 Å². The summed E-state index contributed by atoms with van der Waals surface area (Å²) in [6.07, 6.45) is -3.43. The van der Waals surface area contributed by atoms with Gasteiger partial charge >= 0.3 is 23.9 Å². The quantitative estimate of drug-likeness (QED) is 0.0902. The minimum Gasteiger partial charge on any atom is -0.462 e. The number of carbonyl (C=O) groups excluding carboxylic acids is 4. The molecular weight excluding hydrogens is 901 g/mol. The van der Waals surface area contributed by atoms with Crippen molar-refractivity contribution < 1.29 is 66.6 Å². The molecule has 0 amide bonds. The topological polar surface area (TPSA) is 172 Å². The Kier molecular flexibility index (Phi) is 16.9.